The second-order valence-electron chi connectivity index (χ2n) is 6.48. The molecule has 24 heavy (non-hydrogen) atoms. The summed E-state index contributed by atoms with van der Waals surface area (Å²) in [5.74, 6) is 1.86. The maximum absolute atomic E-state index is 12.6. The molecule has 0 aliphatic carbocycles. The number of aromatic nitrogens is 4. The Hall–Kier alpha value is -1.96. The molecule has 2 aromatic rings. The van der Waals surface area contributed by atoms with Gasteiger partial charge in [-0.05, 0) is 26.2 Å². The van der Waals surface area contributed by atoms with Crippen LogP contribution in [0.2, 0.25) is 0 Å². The van der Waals surface area contributed by atoms with Gasteiger partial charge in [-0.15, -0.1) is 11.3 Å². The number of carbonyl (C=O) groups excluding carboxylic acids is 1. The lowest BCUT2D eigenvalue weighted by Gasteiger charge is -2.34. The fraction of sp³-hybridized carbons (Fsp3) is 0.625. The molecule has 3 heterocycles. The highest BCUT2D eigenvalue weighted by atomic mass is 32.1. The van der Waals surface area contributed by atoms with E-state index < -0.39 is 0 Å². The molecule has 0 spiro atoms. The van der Waals surface area contributed by atoms with Crippen molar-refractivity contribution in [1.29, 1.82) is 0 Å². The van der Waals surface area contributed by atoms with Crippen LogP contribution in [0.1, 0.15) is 67.4 Å². The smallest absolute Gasteiger partial charge is 0.318 e. The van der Waals surface area contributed by atoms with Crippen LogP contribution in [0.5, 0.6) is 0 Å². The number of nitrogens with one attached hydrogen (secondary N) is 2. The van der Waals surface area contributed by atoms with Gasteiger partial charge in [0, 0.05) is 23.5 Å². The van der Waals surface area contributed by atoms with Crippen LogP contribution in [0.15, 0.2) is 5.38 Å². The standard InChI is InChI=1S/C16H24N6OS/c1-10(2)14-19-15(21-20-14)12-6-4-5-7-22(12)16(23)17-8-13-18-11(3)9-24-13/h9-10,12H,4-8H2,1-3H3,(H,17,23)(H,19,20,21)/t12-/m0/s1. The predicted molar refractivity (Wildman–Crippen MR) is 92.9 cm³/mol. The highest BCUT2D eigenvalue weighted by Gasteiger charge is 2.30. The number of aryl methyl sites for hydroxylation is 1. The first kappa shape index (κ1) is 16.9. The third-order valence-corrected chi connectivity index (χ3v) is 5.14. The van der Waals surface area contributed by atoms with Gasteiger partial charge < -0.3 is 10.2 Å². The second kappa shape index (κ2) is 7.29. The number of aromatic amines is 1. The molecule has 2 amide bonds. The fourth-order valence-corrected chi connectivity index (χ4v) is 3.60. The van der Waals surface area contributed by atoms with Gasteiger partial charge in [0.1, 0.15) is 10.8 Å². The van der Waals surface area contributed by atoms with Crippen molar-refractivity contribution in [3.8, 4) is 0 Å². The number of piperidine rings is 1. The molecule has 130 valence electrons. The summed E-state index contributed by atoms with van der Waals surface area (Å²) >= 11 is 1.57. The maximum atomic E-state index is 12.6. The van der Waals surface area contributed by atoms with Crippen LogP contribution in [0.3, 0.4) is 0 Å². The Balaban J connectivity index is 1.67. The average Bonchev–Trinajstić information content (AvgIpc) is 3.22. The highest BCUT2D eigenvalue weighted by Crippen LogP contribution is 2.29. The quantitative estimate of drug-likeness (QED) is 0.889. The minimum atomic E-state index is -0.0601. The van der Waals surface area contributed by atoms with Gasteiger partial charge in [0.25, 0.3) is 0 Å². The number of rotatable bonds is 4. The third-order valence-electron chi connectivity index (χ3n) is 4.17. The van der Waals surface area contributed by atoms with Crippen molar-refractivity contribution in [3.05, 3.63) is 27.7 Å². The molecule has 7 nitrogen and oxygen atoms in total. The van der Waals surface area contributed by atoms with Gasteiger partial charge in [-0.2, -0.15) is 5.10 Å². The molecule has 8 heteroatoms. The van der Waals surface area contributed by atoms with E-state index in [0.717, 1.165) is 48.2 Å². The molecule has 0 unspecified atom stereocenters. The Kier molecular flexibility index (Phi) is 5.13. The fourth-order valence-electron chi connectivity index (χ4n) is 2.89. The number of hydrogen-bond acceptors (Lipinski definition) is 5. The van der Waals surface area contributed by atoms with Gasteiger partial charge in [-0.3, -0.25) is 5.10 Å². The Morgan fingerprint density at radius 3 is 2.96 bits per heavy atom. The molecular weight excluding hydrogens is 324 g/mol. The normalized spacial score (nSPS) is 18.2. The molecule has 0 radical (unpaired) electrons. The summed E-state index contributed by atoms with van der Waals surface area (Å²) < 4.78 is 0. The van der Waals surface area contributed by atoms with Crippen molar-refractivity contribution in [2.45, 2.75) is 58.5 Å². The first-order valence-corrected chi connectivity index (χ1v) is 9.30. The van der Waals surface area contributed by atoms with E-state index in [0.29, 0.717) is 6.54 Å². The Labute approximate surface area is 145 Å². The van der Waals surface area contributed by atoms with Crippen molar-refractivity contribution in [1.82, 2.24) is 30.4 Å². The number of urea groups is 1. The molecule has 0 bridgehead atoms. The Morgan fingerprint density at radius 1 is 1.46 bits per heavy atom. The van der Waals surface area contributed by atoms with Crippen molar-refractivity contribution >= 4 is 17.4 Å². The molecule has 2 N–H and O–H groups in total. The molecule has 1 aliphatic heterocycles. The van der Waals surface area contributed by atoms with E-state index in [4.69, 9.17) is 0 Å². The van der Waals surface area contributed by atoms with E-state index >= 15 is 0 Å². The van der Waals surface area contributed by atoms with Gasteiger partial charge in [-0.25, -0.2) is 14.8 Å². The van der Waals surface area contributed by atoms with Crippen molar-refractivity contribution in [2.75, 3.05) is 6.54 Å². The van der Waals surface area contributed by atoms with E-state index in [1.165, 1.54) is 0 Å². The van der Waals surface area contributed by atoms with E-state index in [1.54, 1.807) is 11.3 Å². The lowest BCUT2D eigenvalue weighted by atomic mass is 10.0. The zero-order valence-electron chi connectivity index (χ0n) is 14.4. The maximum Gasteiger partial charge on any atom is 0.318 e. The number of amides is 2. The van der Waals surface area contributed by atoms with Crippen molar-refractivity contribution in [3.63, 3.8) is 0 Å². The van der Waals surface area contributed by atoms with Gasteiger partial charge in [0.2, 0.25) is 0 Å². The van der Waals surface area contributed by atoms with Gasteiger partial charge >= 0.3 is 6.03 Å². The number of H-pyrrole nitrogens is 1. The summed E-state index contributed by atoms with van der Waals surface area (Å²) in [4.78, 5) is 23.5. The van der Waals surface area contributed by atoms with Crippen LogP contribution in [0.25, 0.3) is 0 Å². The van der Waals surface area contributed by atoms with Gasteiger partial charge in [0.05, 0.1) is 12.6 Å². The van der Waals surface area contributed by atoms with E-state index in [-0.39, 0.29) is 18.0 Å². The Morgan fingerprint density at radius 2 is 2.29 bits per heavy atom. The van der Waals surface area contributed by atoms with E-state index in [1.807, 2.05) is 17.2 Å². The first-order chi connectivity index (χ1) is 11.5. The monoisotopic (exact) mass is 348 g/mol. The Bertz CT molecular complexity index is 694. The molecule has 0 saturated carbocycles. The topological polar surface area (TPSA) is 86.8 Å². The summed E-state index contributed by atoms with van der Waals surface area (Å²) in [5.41, 5.74) is 0.989. The number of carbonyl (C=O) groups is 1. The minimum Gasteiger partial charge on any atom is -0.331 e. The summed E-state index contributed by atoms with van der Waals surface area (Å²) in [6.45, 7) is 7.29. The van der Waals surface area contributed by atoms with Crippen LogP contribution in [0.4, 0.5) is 4.79 Å². The zero-order chi connectivity index (χ0) is 17.1. The average molecular weight is 348 g/mol. The molecular formula is C16H24N6OS. The molecule has 1 saturated heterocycles. The SMILES string of the molecule is Cc1csc(CNC(=O)N2CCCC[C@H]2c2nc(C(C)C)n[nH]2)n1. The largest absolute Gasteiger partial charge is 0.331 e. The number of likely N-dealkylation sites (tertiary alicyclic amines) is 1. The number of hydrogen-bond donors (Lipinski definition) is 2. The first-order valence-electron chi connectivity index (χ1n) is 8.42. The van der Waals surface area contributed by atoms with Crippen LogP contribution in [0, 0.1) is 6.92 Å². The van der Waals surface area contributed by atoms with Gasteiger partial charge in [0.15, 0.2) is 5.82 Å². The molecule has 1 fully saturated rings. The number of nitrogens with zero attached hydrogens (tertiary/aromatic N) is 4. The van der Waals surface area contributed by atoms with Crippen LogP contribution >= 0.6 is 11.3 Å². The molecule has 1 atom stereocenters. The molecule has 2 aromatic heterocycles. The summed E-state index contributed by atoms with van der Waals surface area (Å²) in [6, 6.07) is -0.0909. The lowest BCUT2D eigenvalue weighted by molar-refractivity contribution is 0.147. The van der Waals surface area contributed by atoms with Crippen LogP contribution in [-0.4, -0.2) is 37.6 Å². The van der Waals surface area contributed by atoms with Crippen molar-refractivity contribution in [2.24, 2.45) is 0 Å². The molecule has 3 rings (SSSR count). The second-order valence-corrected chi connectivity index (χ2v) is 7.42. The van der Waals surface area contributed by atoms with Crippen molar-refractivity contribution < 1.29 is 4.79 Å². The van der Waals surface area contributed by atoms with E-state index in [2.05, 4.69) is 39.3 Å². The molecule has 0 aromatic carbocycles. The highest BCUT2D eigenvalue weighted by molar-refractivity contribution is 7.09. The summed E-state index contributed by atoms with van der Waals surface area (Å²) in [6.07, 6.45) is 3.03. The van der Waals surface area contributed by atoms with Gasteiger partial charge in [-0.1, -0.05) is 13.8 Å². The minimum absolute atomic E-state index is 0.0308. The number of thiazole rings is 1. The zero-order valence-corrected chi connectivity index (χ0v) is 15.2. The summed E-state index contributed by atoms with van der Waals surface area (Å²) in [7, 11) is 0. The van der Waals surface area contributed by atoms with E-state index in [9.17, 15) is 4.79 Å². The summed E-state index contributed by atoms with van der Waals surface area (Å²) in [5, 5.41) is 13.2. The third kappa shape index (κ3) is 3.75. The van der Waals surface area contributed by atoms with Crippen LogP contribution in [-0.2, 0) is 6.54 Å². The molecule has 1 aliphatic rings. The predicted octanol–water partition coefficient (Wildman–Crippen LogP) is 3.13. The van der Waals surface area contributed by atoms with Crippen LogP contribution < -0.4 is 5.32 Å². The lowest BCUT2D eigenvalue weighted by Crippen LogP contribution is -2.44.